The number of nitrogens with zero attached hydrogens (tertiary/aromatic N) is 2. The topological polar surface area (TPSA) is 58.3 Å². The van der Waals surface area contributed by atoms with Crippen LogP contribution in [0.25, 0.3) is 22.5 Å². The molecule has 0 fully saturated rings. The monoisotopic (exact) mass is 356 g/mol. The van der Waals surface area contributed by atoms with E-state index in [1.807, 2.05) is 72.2 Å². The summed E-state index contributed by atoms with van der Waals surface area (Å²) < 4.78 is 2.03. The van der Waals surface area contributed by atoms with Crippen molar-refractivity contribution in [3.8, 4) is 34.0 Å². The van der Waals surface area contributed by atoms with E-state index < -0.39 is 0 Å². The zero-order chi connectivity index (χ0) is 18.8. The number of phenolic OH excluding ortho intramolecular Hbond substituents is 2. The normalized spacial score (nSPS) is 12.0. The molecule has 0 amide bonds. The minimum Gasteiger partial charge on any atom is -0.508 e. The Hall–Kier alpha value is -3.53. The molecule has 0 saturated carbocycles. The zero-order valence-electron chi connectivity index (χ0n) is 14.9. The van der Waals surface area contributed by atoms with Crippen molar-refractivity contribution in [3.63, 3.8) is 0 Å². The first-order chi connectivity index (χ1) is 13.1. The van der Waals surface area contributed by atoms with Gasteiger partial charge in [0.2, 0.25) is 0 Å². The first kappa shape index (κ1) is 16.9. The van der Waals surface area contributed by atoms with Crippen molar-refractivity contribution >= 4 is 0 Å². The van der Waals surface area contributed by atoms with Crippen LogP contribution in [0.15, 0.2) is 85.2 Å². The molecule has 4 heteroatoms. The highest BCUT2D eigenvalue weighted by Gasteiger charge is 2.21. The van der Waals surface area contributed by atoms with E-state index in [0.29, 0.717) is 0 Å². The third kappa shape index (κ3) is 3.17. The van der Waals surface area contributed by atoms with Gasteiger partial charge >= 0.3 is 0 Å². The van der Waals surface area contributed by atoms with Gasteiger partial charge in [-0.1, -0.05) is 60.7 Å². The van der Waals surface area contributed by atoms with Crippen molar-refractivity contribution in [2.24, 2.45) is 0 Å². The van der Waals surface area contributed by atoms with Gasteiger partial charge < -0.3 is 14.8 Å². The van der Waals surface area contributed by atoms with Crippen LogP contribution >= 0.6 is 0 Å². The number of rotatable bonds is 4. The van der Waals surface area contributed by atoms with Gasteiger partial charge in [-0.25, -0.2) is 4.98 Å². The Kier molecular flexibility index (Phi) is 4.38. The zero-order valence-corrected chi connectivity index (χ0v) is 14.9. The molecule has 1 aromatic heterocycles. The minimum atomic E-state index is -0.131. The fourth-order valence-electron chi connectivity index (χ4n) is 3.39. The largest absolute Gasteiger partial charge is 0.508 e. The standard InChI is InChI=1S/C23H20N2O2/c1-16(20-12-5-6-13-21(20)27)25-15-24-22(17-8-3-2-4-9-17)23(25)18-10-7-11-19(26)14-18/h2-16,26-27H,1H3/t16-/m1/s1. The molecule has 0 aliphatic heterocycles. The maximum Gasteiger partial charge on any atom is 0.120 e. The van der Waals surface area contributed by atoms with E-state index in [1.54, 1.807) is 24.5 Å². The molecule has 0 aliphatic rings. The molecule has 4 nitrogen and oxygen atoms in total. The highest BCUT2D eigenvalue weighted by Crippen LogP contribution is 2.37. The van der Waals surface area contributed by atoms with Crippen LogP contribution in [-0.4, -0.2) is 19.8 Å². The Balaban J connectivity index is 1.93. The molecule has 3 aromatic carbocycles. The molecule has 0 radical (unpaired) electrons. The van der Waals surface area contributed by atoms with Crippen LogP contribution < -0.4 is 0 Å². The molecule has 0 bridgehead atoms. The molecule has 2 N–H and O–H groups in total. The highest BCUT2D eigenvalue weighted by molar-refractivity contribution is 5.79. The van der Waals surface area contributed by atoms with Crippen molar-refractivity contribution in [3.05, 3.63) is 90.8 Å². The van der Waals surface area contributed by atoms with Gasteiger partial charge in [0.15, 0.2) is 0 Å². The van der Waals surface area contributed by atoms with Gasteiger partial charge in [0.1, 0.15) is 11.5 Å². The highest BCUT2D eigenvalue weighted by atomic mass is 16.3. The van der Waals surface area contributed by atoms with Crippen LogP contribution in [0.3, 0.4) is 0 Å². The number of benzene rings is 3. The first-order valence-corrected chi connectivity index (χ1v) is 8.84. The van der Waals surface area contributed by atoms with Crippen LogP contribution in [0.5, 0.6) is 11.5 Å². The van der Waals surface area contributed by atoms with E-state index in [9.17, 15) is 10.2 Å². The summed E-state index contributed by atoms with van der Waals surface area (Å²) in [6, 6.07) is 24.3. The lowest BCUT2D eigenvalue weighted by Gasteiger charge is -2.19. The Labute approximate surface area is 158 Å². The van der Waals surface area contributed by atoms with Gasteiger partial charge in [-0.3, -0.25) is 0 Å². The van der Waals surface area contributed by atoms with Gasteiger partial charge in [-0.15, -0.1) is 0 Å². The van der Waals surface area contributed by atoms with Crippen molar-refractivity contribution in [2.75, 3.05) is 0 Å². The fourth-order valence-corrected chi connectivity index (χ4v) is 3.39. The summed E-state index contributed by atoms with van der Waals surface area (Å²) in [5, 5.41) is 20.3. The summed E-state index contributed by atoms with van der Waals surface area (Å²) in [5.74, 6) is 0.455. The lowest BCUT2D eigenvalue weighted by molar-refractivity contribution is 0.457. The number of para-hydroxylation sites is 1. The maximum absolute atomic E-state index is 10.3. The van der Waals surface area contributed by atoms with E-state index in [1.165, 1.54) is 0 Å². The van der Waals surface area contributed by atoms with Crippen LogP contribution in [0, 0.1) is 0 Å². The molecule has 0 aliphatic carbocycles. The third-order valence-electron chi connectivity index (χ3n) is 4.76. The second kappa shape index (κ2) is 7.00. The van der Waals surface area contributed by atoms with E-state index in [0.717, 1.165) is 28.1 Å². The number of phenols is 2. The molecule has 27 heavy (non-hydrogen) atoms. The van der Waals surface area contributed by atoms with Gasteiger partial charge in [-0.05, 0) is 25.1 Å². The molecule has 0 unspecified atom stereocenters. The van der Waals surface area contributed by atoms with E-state index in [-0.39, 0.29) is 17.5 Å². The Bertz CT molecular complexity index is 1070. The van der Waals surface area contributed by atoms with Gasteiger partial charge in [-0.2, -0.15) is 0 Å². The Morgan fingerprint density at radius 2 is 1.52 bits per heavy atom. The van der Waals surface area contributed by atoms with Crippen molar-refractivity contribution < 1.29 is 10.2 Å². The maximum atomic E-state index is 10.3. The predicted octanol–water partition coefficient (Wildman–Crippen LogP) is 5.24. The van der Waals surface area contributed by atoms with Crippen LogP contribution in [0.1, 0.15) is 18.5 Å². The minimum absolute atomic E-state index is 0.131. The van der Waals surface area contributed by atoms with E-state index in [4.69, 9.17) is 0 Å². The predicted molar refractivity (Wildman–Crippen MR) is 107 cm³/mol. The molecule has 4 aromatic rings. The lowest BCUT2D eigenvalue weighted by atomic mass is 10.0. The summed E-state index contributed by atoms with van der Waals surface area (Å²) in [5.41, 5.74) is 4.42. The number of hydrogen-bond acceptors (Lipinski definition) is 3. The average molecular weight is 356 g/mol. The molecular weight excluding hydrogens is 336 g/mol. The fraction of sp³-hybridized carbons (Fsp3) is 0.0870. The van der Waals surface area contributed by atoms with E-state index in [2.05, 4.69) is 4.98 Å². The molecule has 0 spiro atoms. The Morgan fingerprint density at radius 1 is 0.815 bits per heavy atom. The van der Waals surface area contributed by atoms with Crippen LogP contribution in [-0.2, 0) is 0 Å². The quantitative estimate of drug-likeness (QED) is 0.526. The second-order valence-electron chi connectivity index (χ2n) is 6.50. The number of imidazole rings is 1. The molecule has 1 atom stereocenters. The lowest BCUT2D eigenvalue weighted by Crippen LogP contribution is -2.07. The molecule has 4 rings (SSSR count). The first-order valence-electron chi connectivity index (χ1n) is 8.84. The summed E-state index contributed by atoms with van der Waals surface area (Å²) >= 11 is 0. The van der Waals surface area contributed by atoms with Crippen LogP contribution in [0.4, 0.5) is 0 Å². The summed E-state index contributed by atoms with van der Waals surface area (Å²) in [6.45, 7) is 2.03. The SMILES string of the molecule is C[C@H](c1ccccc1O)n1cnc(-c2ccccc2)c1-c1cccc(O)c1. The van der Waals surface area contributed by atoms with Gasteiger partial charge in [0, 0.05) is 16.7 Å². The molecule has 0 saturated heterocycles. The summed E-state index contributed by atoms with van der Waals surface area (Å²) in [6.07, 6.45) is 1.79. The van der Waals surface area contributed by atoms with Crippen molar-refractivity contribution in [1.29, 1.82) is 0 Å². The van der Waals surface area contributed by atoms with Crippen molar-refractivity contribution in [2.45, 2.75) is 13.0 Å². The average Bonchev–Trinajstić information content (AvgIpc) is 3.14. The second-order valence-corrected chi connectivity index (χ2v) is 6.50. The molecular formula is C23H20N2O2. The number of aromatic nitrogens is 2. The number of hydrogen-bond donors (Lipinski definition) is 2. The van der Waals surface area contributed by atoms with Gasteiger partial charge in [0.25, 0.3) is 0 Å². The summed E-state index contributed by atoms with van der Waals surface area (Å²) in [4.78, 5) is 4.67. The number of aromatic hydroxyl groups is 2. The Morgan fingerprint density at radius 3 is 2.26 bits per heavy atom. The van der Waals surface area contributed by atoms with Crippen LogP contribution in [0.2, 0.25) is 0 Å². The molecule has 134 valence electrons. The molecule has 1 heterocycles. The van der Waals surface area contributed by atoms with Crippen molar-refractivity contribution in [1.82, 2.24) is 9.55 Å². The van der Waals surface area contributed by atoms with E-state index >= 15 is 0 Å². The third-order valence-corrected chi connectivity index (χ3v) is 4.76. The van der Waals surface area contributed by atoms with Gasteiger partial charge in [0.05, 0.1) is 23.8 Å². The summed E-state index contributed by atoms with van der Waals surface area (Å²) in [7, 11) is 0. The smallest absolute Gasteiger partial charge is 0.120 e.